The van der Waals surface area contributed by atoms with Crippen molar-refractivity contribution in [1.29, 1.82) is 0 Å². The lowest BCUT2D eigenvalue weighted by Gasteiger charge is -2.29. The van der Waals surface area contributed by atoms with E-state index in [4.69, 9.17) is 5.73 Å². The summed E-state index contributed by atoms with van der Waals surface area (Å²) in [6, 6.07) is 5.15. The minimum Gasteiger partial charge on any atom is -0.328 e. The minimum absolute atomic E-state index is 0. The van der Waals surface area contributed by atoms with E-state index in [2.05, 4.69) is 4.72 Å². The summed E-state index contributed by atoms with van der Waals surface area (Å²) < 4.78 is 26.9. The topological polar surface area (TPSA) is 92.5 Å². The van der Waals surface area contributed by atoms with Crippen LogP contribution < -0.4 is 15.4 Å². The molecule has 3 N–H and O–H groups in total. The summed E-state index contributed by atoms with van der Waals surface area (Å²) in [6.07, 6.45) is 4.31. The van der Waals surface area contributed by atoms with Gasteiger partial charge < -0.3 is 10.6 Å². The molecule has 1 saturated carbocycles. The standard InChI is InChI=1S/C17H25N3O3S.ClH/c1-2-19-24(22,23)15-7-6-12-8-9-20(16(12)11-15)17(21)13-4-3-5-14(18)10-13;/h6-7,11,13-14,19H,2-5,8-10,18H2,1H3;1H. The number of halogens is 1. The molecular formula is C17H26ClN3O3S. The van der Waals surface area contributed by atoms with Gasteiger partial charge in [-0.25, -0.2) is 13.1 Å². The highest BCUT2D eigenvalue weighted by Gasteiger charge is 2.33. The lowest BCUT2D eigenvalue weighted by atomic mass is 9.85. The molecule has 1 heterocycles. The number of hydrogen-bond acceptors (Lipinski definition) is 4. The van der Waals surface area contributed by atoms with E-state index in [0.29, 0.717) is 13.1 Å². The van der Waals surface area contributed by atoms with Crippen LogP contribution in [-0.4, -0.2) is 33.5 Å². The molecule has 1 aliphatic carbocycles. The summed E-state index contributed by atoms with van der Waals surface area (Å²) in [5.74, 6) is 0.0376. The van der Waals surface area contributed by atoms with E-state index in [0.717, 1.165) is 43.4 Å². The molecule has 1 amide bonds. The van der Waals surface area contributed by atoms with Crippen LogP contribution in [0.25, 0.3) is 0 Å². The number of rotatable bonds is 4. The Balaban J connectivity index is 0.00000225. The Labute approximate surface area is 155 Å². The van der Waals surface area contributed by atoms with Crippen molar-refractivity contribution in [2.75, 3.05) is 18.0 Å². The van der Waals surface area contributed by atoms with E-state index in [1.165, 1.54) is 0 Å². The van der Waals surface area contributed by atoms with Crippen LogP contribution in [0, 0.1) is 5.92 Å². The van der Waals surface area contributed by atoms with Crippen LogP contribution in [0.4, 0.5) is 5.69 Å². The van der Waals surface area contributed by atoms with Crippen LogP contribution in [-0.2, 0) is 21.2 Å². The lowest BCUT2D eigenvalue weighted by Crippen LogP contribution is -2.40. The summed E-state index contributed by atoms with van der Waals surface area (Å²) in [5.41, 5.74) is 7.77. The fraction of sp³-hybridized carbons (Fsp3) is 0.588. The molecule has 1 fully saturated rings. The van der Waals surface area contributed by atoms with Gasteiger partial charge >= 0.3 is 0 Å². The smallest absolute Gasteiger partial charge is 0.240 e. The molecule has 1 aromatic carbocycles. The highest BCUT2D eigenvalue weighted by molar-refractivity contribution is 7.89. The maximum atomic E-state index is 12.9. The van der Waals surface area contributed by atoms with Gasteiger partial charge in [-0.05, 0) is 43.4 Å². The summed E-state index contributed by atoms with van der Waals surface area (Å²) in [4.78, 5) is 14.9. The van der Waals surface area contributed by atoms with Gasteiger partial charge in [-0.2, -0.15) is 0 Å². The highest BCUT2D eigenvalue weighted by Crippen LogP contribution is 2.34. The molecule has 1 aliphatic heterocycles. The Bertz CT molecular complexity index is 739. The van der Waals surface area contributed by atoms with Crippen LogP contribution in [0.1, 0.15) is 38.2 Å². The SMILES string of the molecule is CCNS(=O)(=O)c1ccc2c(c1)N(C(=O)C1CCCC(N)C1)CC2.Cl. The second-order valence-corrected chi connectivity index (χ2v) is 8.42. The fourth-order valence-electron chi connectivity index (χ4n) is 3.70. The first-order chi connectivity index (χ1) is 11.4. The second kappa shape index (κ2) is 8.03. The van der Waals surface area contributed by atoms with Crippen LogP contribution in [0.15, 0.2) is 23.1 Å². The van der Waals surface area contributed by atoms with Gasteiger partial charge in [0.25, 0.3) is 0 Å². The second-order valence-electron chi connectivity index (χ2n) is 6.66. The van der Waals surface area contributed by atoms with Crippen LogP contribution in [0.2, 0.25) is 0 Å². The Kier molecular flexibility index (Phi) is 6.48. The number of hydrogen-bond donors (Lipinski definition) is 2. The Morgan fingerprint density at radius 2 is 2.12 bits per heavy atom. The first kappa shape index (κ1) is 20.2. The van der Waals surface area contributed by atoms with Gasteiger partial charge in [0.15, 0.2) is 0 Å². The molecule has 0 bridgehead atoms. The number of nitrogens with one attached hydrogen (secondary N) is 1. The van der Waals surface area contributed by atoms with Crippen molar-refractivity contribution in [2.45, 2.75) is 50.0 Å². The van der Waals surface area contributed by atoms with Gasteiger partial charge in [-0.15, -0.1) is 12.4 Å². The first-order valence-corrected chi connectivity index (χ1v) is 10.1. The molecule has 0 saturated heterocycles. The number of carbonyl (C=O) groups excluding carboxylic acids is 1. The Morgan fingerprint density at radius 3 is 2.80 bits per heavy atom. The largest absolute Gasteiger partial charge is 0.328 e. The molecule has 2 atom stereocenters. The van der Waals surface area contributed by atoms with Crippen molar-refractivity contribution in [3.05, 3.63) is 23.8 Å². The summed E-state index contributed by atoms with van der Waals surface area (Å²) in [6.45, 7) is 2.69. The molecule has 140 valence electrons. The number of fused-ring (bicyclic) bond motifs is 1. The number of benzene rings is 1. The Morgan fingerprint density at radius 1 is 1.36 bits per heavy atom. The van der Waals surface area contributed by atoms with Crippen LogP contribution in [0.3, 0.4) is 0 Å². The van der Waals surface area contributed by atoms with E-state index < -0.39 is 10.0 Å². The number of anilines is 1. The van der Waals surface area contributed by atoms with E-state index in [9.17, 15) is 13.2 Å². The number of sulfonamides is 1. The summed E-state index contributed by atoms with van der Waals surface area (Å²) in [7, 11) is -3.52. The van der Waals surface area contributed by atoms with Crippen molar-refractivity contribution >= 4 is 34.0 Å². The third-order valence-corrected chi connectivity index (χ3v) is 6.47. The molecule has 0 radical (unpaired) electrons. The van der Waals surface area contributed by atoms with Crippen molar-refractivity contribution in [2.24, 2.45) is 11.7 Å². The third kappa shape index (κ3) is 4.16. The Hall–Kier alpha value is -1.15. The van der Waals surface area contributed by atoms with E-state index in [1.807, 2.05) is 6.07 Å². The molecule has 1 aromatic rings. The molecule has 3 rings (SSSR count). The third-order valence-electron chi connectivity index (χ3n) is 4.93. The molecular weight excluding hydrogens is 362 g/mol. The van der Waals surface area contributed by atoms with Gasteiger partial charge in [0.05, 0.1) is 4.90 Å². The molecule has 25 heavy (non-hydrogen) atoms. The molecule has 2 unspecified atom stereocenters. The minimum atomic E-state index is -3.52. The quantitative estimate of drug-likeness (QED) is 0.824. The van der Waals surface area contributed by atoms with Gasteiger partial charge in [0.2, 0.25) is 15.9 Å². The average molecular weight is 388 g/mol. The lowest BCUT2D eigenvalue weighted by molar-refractivity contribution is -0.123. The molecule has 6 nitrogen and oxygen atoms in total. The zero-order valence-corrected chi connectivity index (χ0v) is 16.0. The normalized spacial score (nSPS) is 23.0. The van der Waals surface area contributed by atoms with Crippen molar-refractivity contribution < 1.29 is 13.2 Å². The highest BCUT2D eigenvalue weighted by atomic mass is 35.5. The van der Waals surface area contributed by atoms with Gasteiger partial charge in [0, 0.05) is 30.7 Å². The van der Waals surface area contributed by atoms with Crippen molar-refractivity contribution in [1.82, 2.24) is 4.72 Å². The van der Waals surface area contributed by atoms with Crippen LogP contribution >= 0.6 is 12.4 Å². The molecule has 2 aliphatic rings. The zero-order chi connectivity index (χ0) is 17.3. The van der Waals surface area contributed by atoms with E-state index in [-0.39, 0.29) is 35.2 Å². The first-order valence-electron chi connectivity index (χ1n) is 8.62. The van der Waals surface area contributed by atoms with Crippen molar-refractivity contribution in [3.8, 4) is 0 Å². The molecule has 8 heteroatoms. The predicted molar refractivity (Wildman–Crippen MR) is 101 cm³/mol. The average Bonchev–Trinajstić information content (AvgIpc) is 2.97. The van der Waals surface area contributed by atoms with E-state index >= 15 is 0 Å². The maximum Gasteiger partial charge on any atom is 0.240 e. The number of carbonyl (C=O) groups is 1. The van der Waals surface area contributed by atoms with Crippen molar-refractivity contribution in [3.63, 3.8) is 0 Å². The number of amides is 1. The summed E-state index contributed by atoms with van der Waals surface area (Å²) >= 11 is 0. The zero-order valence-electron chi connectivity index (χ0n) is 14.4. The van der Waals surface area contributed by atoms with Gasteiger partial charge in [-0.3, -0.25) is 4.79 Å². The molecule has 0 aromatic heterocycles. The summed E-state index contributed by atoms with van der Waals surface area (Å²) in [5, 5.41) is 0. The van der Waals surface area contributed by atoms with E-state index in [1.54, 1.807) is 24.0 Å². The van der Waals surface area contributed by atoms with Gasteiger partial charge in [0.1, 0.15) is 0 Å². The predicted octanol–water partition coefficient (Wildman–Crippen LogP) is 1.81. The van der Waals surface area contributed by atoms with Crippen LogP contribution in [0.5, 0.6) is 0 Å². The molecule has 0 spiro atoms. The van der Waals surface area contributed by atoms with Gasteiger partial charge in [-0.1, -0.05) is 19.4 Å². The maximum absolute atomic E-state index is 12.9. The fourth-order valence-corrected chi connectivity index (χ4v) is 4.76. The monoisotopic (exact) mass is 387 g/mol. The number of nitrogens with zero attached hydrogens (tertiary/aromatic N) is 1. The number of nitrogens with two attached hydrogens (primary N) is 1.